The van der Waals surface area contributed by atoms with Crippen molar-refractivity contribution >= 4 is 5.97 Å². The van der Waals surface area contributed by atoms with Gasteiger partial charge < -0.3 is 10.2 Å². The molecule has 1 unspecified atom stereocenters. The molecule has 0 spiro atoms. The summed E-state index contributed by atoms with van der Waals surface area (Å²) in [6.45, 7) is 12.7. The van der Waals surface area contributed by atoms with Crippen molar-refractivity contribution < 1.29 is 15.0 Å². The average molecular weight is 489 g/mol. The molecule has 0 radical (unpaired) electrons. The summed E-state index contributed by atoms with van der Waals surface area (Å²) in [6.07, 6.45) is 19.6. The highest BCUT2D eigenvalue weighted by Gasteiger charge is 2.24. The number of carbonyl (C=O) groups is 1. The number of benzene rings is 1. The maximum Gasteiger partial charge on any atom is 0.306 e. The Kier molecular flexibility index (Phi) is 15.3. The number of aliphatic carboxylic acids is 1. The number of carboxylic acid groups (broad SMARTS) is 1. The van der Waals surface area contributed by atoms with Crippen molar-refractivity contribution in [1.29, 1.82) is 0 Å². The van der Waals surface area contributed by atoms with E-state index in [0.29, 0.717) is 12.2 Å². The van der Waals surface area contributed by atoms with Gasteiger partial charge in [0.1, 0.15) is 5.75 Å². The molecule has 3 heteroatoms. The van der Waals surface area contributed by atoms with Gasteiger partial charge in [0, 0.05) is 0 Å². The maximum atomic E-state index is 12.0. The van der Waals surface area contributed by atoms with Crippen molar-refractivity contribution in [2.45, 2.75) is 156 Å². The Balaban J connectivity index is 2.38. The van der Waals surface area contributed by atoms with Crippen LogP contribution in [0.4, 0.5) is 0 Å². The molecule has 1 aromatic rings. The van der Waals surface area contributed by atoms with Gasteiger partial charge in [0.15, 0.2) is 0 Å². The Morgan fingerprint density at radius 2 is 1.26 bits per heavy atom. The second kappa shape index (κ2) is 17.0. The number of phenols is 1. The van der Waals surface area contributed by atoms with Crippen LogP contribution in [0.3, 0.4) is 0 Å². The fraction of sp³-hybridized carbons (Fsp3) is 0.781. The molecule has 1 rings (SSSR count). The highest BCUT2D eigenvalue weighted by Crippen LogP contribution is 2.38. The summed E-state index contributed by atoms with van der Waals surface area (Å²) >= 11 is 0. The lowest BCUT2D eigenvalue weighted by Crippen LogP contribution is -2.18. The molecule has 1 aromatic carbocycles. The topological polar surface area (TPSA) is 57.5 Å². The van der Waals surface area contributed by atoms with Crippen molar-refractivity contribution in [2.24, 2.45) is 5.92 Å². The normalized spacial score (nSPS) is 12.9. The van der Waals surface area contributed by atoms with E-state index in [9.17, 15) is 15.0 Å². The highest BCUT2D eigenvalue weighted by atomic mass is 16.4. The minimum atomic E-state index is -0.698. The molecule has 0 bridgehead atoms. The van der Waals surface area contributed by atoms with E-state index < -0.39 is 5.97 Å². The zero-order valence-electron chi connectivity index (χ0n) is 23.9. The molecule has 0 saturated carbocycles. The molecule has 0 aromatic heterocycles. The second-order valence-electron chi connectivity index (χ2n) is 12.1. The van der Waals surface area contributed by atoms with Gasteiger partial charge in [-0.3, -0.25) is 4.79 Å². The lowest BCUT2D eigenvalue weighted by Gasteiger charge is -2.25. The van der Waals surface area contributed by atoms with Crippen LogP contribution in [0.1, 0.15) is 160 Å². The lowest BCUT2D eigenvalue weighted by molar-refractivity contribution is -0.142. The van der Waals surface area contributed by atoms with E-state index in [1.165, 1.54) is 77.0 Å². The van der Waals surface area contributed by atoms with Crippen LogP contribution in [0.15, 0.2) is 12.1 Å². The van der Waals surface area contributed by atoms with E-state index >= 15 is 0 Å². The standard InChI is InChI=1S/C32H56O3/c1-7-8-9-10-11-12-13-14-15-16-17-18-19-20-21-27(31(34)35)22-26-23-28(25(2)3)30(33)29(24-26)32(4,5)6/h23-25,27,33H,7-22H2,1-6H3,(H,34,35). The van der Waals surface area contributed by atoms with Crippen LogP contribution in [0.2, 0.25) is 0 Å². The van der Waals surface area contributed by atoms with E-state index in [1.54, 1.807) is 0 Å². The van der Waals surface area contributed by atoms with Crippen LogP contribution in [-0.2, 0) is 16.6 Å². The van der Waals surface area contributed by atoms with Crippen molar-refractivity contribution in [3.05, 3.63) is 28.8 Å². The number of hydrogen-bond acceptors (Lipinski definition) is 2. The minimum absolute atomic E-state index is 0.183. The summed E-state index contributed by atoms with van der Waals surface area (Å²) in [5.74, 6) is -0.485. The van der Waals surface area contributed by atoms with E-state index in [1.807, 2.05) is 12.1 Å². The third kappa shape index (κ3) is 12.8. The largest absolute Gasteiger partial charge is 0.507 e. The summed E-state index contributed by atoms with van der Waals surface area (Å²) in [6, 6.07) is 4.05. The maximum absolute atomic E-state index is 12.0. The Morgan fingerprint density at radius 1 is 0.800 bits per heavy atom. The fourth-order valence-corrected chi connectivity index (χ4v) is 5.03. The quantitative estimate of drug-likeness (QED) is 0.190. The van der Waals surface area contributed by atoms with Gasteiger partial charge >= 0.3 is 5.97 Å². The molecule has 0 heterocycles. The summed E-state index contributed by atoms with van der Waals surface area (Å²) in [7, 11) is 0. The second-order valence-corrected chi connectivity index (χ2v) is 12.1. The third-order valence-electron chi connectivity index (χ3n) is 7.37. The lowest BCUT2D eigenvalue weighted by atomic mass is 9.81. The smallest absolute Gasteiger partial charge is 0.306 e. The molecule has 2 N–H and O–H groups in total. The van der Waals surface area contributed by atoms with Gasteiger partial charge in [-0.25, -0.2) is 0 Å². The molecule has 0 aliphatic rings. The number of carboxylic acids is 1. The number of rotatable bonds is 19. The first kappa shape index (κ1) is 31.5. The fourth-order valence-electron chi connectivity index (χ4n) is 5.03. The Labute approximate surface area is 217 Å². The molecular formula is C32H56O3. The zero-order valence-corrected chi connectivity index (χ0v) is 23.9. The van der Waals surface area contributed by atoms with Gasteiger partial charge in [-0.1, -0.05) is 144 Å². The van der Waals surface area contributed by atoms with E-state index in [0.717, 1.165) is 36.0 Å². The van der Waals surface area contributed by atoms with Gasteiger partial charge in [-0.2, -0.15) is 0 Å². The number of aromatic hydroxyl groups is 1. The summed E-state index contributed by atoms with van der Waals surface area (Å²) in [5.41, 5.74) is 2.69. The Morgan fingerprint density at radius 3 is 1.66 bits per heavy atom. The van der Waals surface area contributed by atoms with Crippen molar-refractivity contribution in [3.8, 4) is 5.75 Å². The molecule has 0 aliphatic heterocycles. The van der Waals surface area contributed by atoms with Gasteiger partial charge in [0.05, 0.1) is 5.92 Å². The first-order valence-corrected chi connectivity index (χ1v) is 14.7. The van der Waals surface area contributed by atoms with Gasteiger partial charge in [0.2, 0.25) is 0 Å². The third-order valence-corrected chi connectivity index (χ3v) is 7.37. The number of hydrogen-bond donors (Lipinski definition) is 2. The van der Waals surface area contributed by atoms with Crippen LogP contribution in [-0.4, -0.2) is 16.2 Å². The molecule has 35 heavy (non-hydrogen) atoms. The Hall–Kier alpha value is -1.51. The molecule has 0 fully saturated rings. The zero-order chi connectivity index (χ0) is 26.3. The predicted molar refractivity (Wildman–Crippen MR) is 151 cm³/mol. The average Bonchev–Trinajstić information content (AvgIpc) is 2.78. The molecular weight excluding hydrogens is 432 g/mol. The first-order chi connectivity index (χ1) is 16.6. The van der Waals surface area contributed by atoms with Crippen molar-refractivity contribution in [2.75, 3.05) is 0 Å². The highest BCUT2D eigenvalue weighted by molar-refractivity contribution is 5.70. The molecule has 1 atom stereocenters. The molecule has 0 amide bonds. The number of phenolic OH excluding ortho intramolecular Hbond substituents is 1. The first-order valence-electron chi connectivity index (χ1n) is 14.7. The van der Waals surface area contributed by atoms with Gasteiger partial charge in [0.25, 0.3) is 0 Å². The van der Waals surface area contributed by atoms with E-state index in [4.69, 9.17) is 0 Å². The summed E-state index contributed by atoms with van der Waals surface area (Å²) in [4.78, 5) is 12.0. The summed E-state index contributed by atoms with van der Waals surface area (Å²) in [5, 5.41) is 20.6. The van der Waals surface area contributed by atoms with Crippen LogP contribution in [0.25, 0.3) is 0 Å². The molecule has 0 aliphatic carbocycles. The molecule has 202 valence electrons. The van der Waals surface area contributed by atoms with Gasteiger partial charge in [-0.15, -0.1) is 0 Å². The van der Waals surface area contributed by atoms with Crippen molar-refractivity contribution in [3.63, 3.8) is 0 Å². The van der Waals surface area contributed by atoms with Crippen molar-refractivity contribution in [1.82, 2.24) is 0 Å². The molecule has 3 nitrogen and oxygen atoms in total. The van der Waals surface area contributed by atoms with Crippen LogP contribution in [0.5, 0.6) is 5.75 Å². The predicted octanol–water partition coefficient (Wildman–Crippen LogP) is 9.93. The monoisotopic (exact) mass is 488 g/mol. The SMILES string of the molecule is CCCCCCCCCCCCCCCCC(Cc1cc(C(C)C)c(O)c(C(C)(C)C)c1)C(=O)O. The van der Waals surface area contributed by atoms with Crippen LogP contribution in [0, 0.1) is 5.92 Å². The number of unbranched alkanes of at least 4 members (excludes halogenated alkanes) is 13. The molecule has 0 saturated heterocycles. The van der Waals surface area contributed by atoms with Crippen LogP contribution < -0.4 is 0 Å². The van der Waals surface area contributed by atoms with E-state index in [-0.39, 0.29) is 17.3 Å². The van der Waals surface area contributed by atoms with Gasteiger partial charge in [-0.05, 0) is 40.9 Å². The summed E-state index contributed by atoms with van der Waals surface area (Å²) < 4.78 is 0. The van der Waals surface area contributed by atoms with Crippen LogP contribution >= 0.6 is 0 Å². The van der Waals surface area contributed by atoms with E-state index in [2.05, 4.69) is 41.5 Å². The Bertz CT molecular complexity index is 714. The minimum Gasteiger partial charge on any atom is -0.507 e.